The maximum atomic E-state index is 13.6. The fraction of sp³-hybridized carbons (Fsp3) is 0.300. The van der Waals surface area contributed by atoms with E-state index < -0.39 is 11.6 Å². The van der Waals surface area contributed by atoms with Gasteiger partial charge in [0, 0.05) is 10.8 Å². The lowest BCUT2D eigenvalue weighted by molar-refractivity contribution is 0.300. The van der Waals surface area contributed by atoms with Gasteiger partial charge in [-0.15, -0.1) is 11.8 Å². The highest BCUT2D eigenvalue weighted by Crippen LogP contribution is 2.29. The van der Waals surface area contributed by atoms with Gasteiger partial charge >= 0.3 is 0 Å². The Hall–Kier alpha value is -1.34. The van der Waals surface area contributed by atoms with Crippen LogP contribution in [0, 0.1) is 11.6 Å². The van der Waals surface area contributed by atoms with E-state index in [0.29, 0.717) is 0 Å². The summed E-state index contributed by atoms with van der Waals surface area (Å²) >= 11 is 0.882. The summed E-state index contributed by atoms with van der Waals surface area (Å²) in [6.45, 7) is 1.45. The highest BCUT2D eigenvalue weighted by Gasteiger charge is 2.16. The fourth-order valence-electron chi connectivity index (χ4n) is 1.12. The predicted octanol–water partition coefficient (Wildman–Crippen LogP) is 1.53. The number of aliphatic hydroxyl groups is 1. The summed E-state index contributed by atoms with van der Waals surface area (Å²) in [6, 6.07) is 1.95. The van der Waals surface area contributed by atoms with E-state index in [4.69, 9.17) is 16.0 Å². The zero-order chi connectivity index (χ0) is 13.0. The second kappa shape index (κ2) is 5.83. The fourth-order valence-corrected chi connectivity index (χ4v) is 1.94. The zero-order valence-electron chi connectivity index (χ0n) is 9.02. The van der Waals surface area contributed by atoms with Gasteiger partial charge in [0.2, 0.25) is 0 Å². The van der Waals surface area contributed by atoms with Crippen molar-refractivity contribution < 1.29 is 19.1 Å². The summed E-state index contributed by atoms with van der Waals surface area (Å²) in [5.41, 5.74) is 5.19. The van der Waals surface area contributed by atoms with Crippen molar-refractivity contribution in [3.8, 4) is 0 Å². The van der Waals surface area contributed by atoms with Crippen LogP contribution in [0.5, 0.6) is 0 Å². The summed E-state index contributed by atoms with van der Waals surface area (Å²) in [5.74, 6) is -1.98. The second-order valence-electron chi connectivity index (χ2n) is 3.37. The van der Waals surface area contributed by atoms with Crippen molar-refractivity contribution in [2.45, 2.75) is 17.1 Å². The van der Waals surface area contributed by atoms with E-state index >= 15 is 0 Å². The van der Waals surface area contributed by atoms with E-state index in [1.807, 2.05) is 0 Å². The third kappa shape index (κ3) is 3.31. The van der Waals surface area contributed by atoms with Crippen LogP contribution in [-0.2, 0) is 0 Å². The molecule has 0 amide bonds. The van der Waals surface area contributed by atoms with Gasteiger partial charge in [-0.25, -0.2) is 8.78 Å². The first-order valence-electron chi connectivity index (χ1n) is 4.74. The smallest absolute Gasteiger partial charge is 0.170 e. The number of nitrogens with two attached hydrogens (primary N) is 1. The SMILES string of the molecule is CC(CO)Sc1c(F)cc(C(N)=NO)cc1F. The van der Waals surface area contributed by atoms with Crippen LogP contribution in [0.3, 0.4) is 0 Å². The highest BCUT2D eigenvalue weighted by molar-refractivity contribution is 8.00. The van der Waals surface area contributed by atoms with E-state index in [-0.39, 0.29) is 28.2 Å². The lowest BCUT2D eigenvalue weighted by Gasteiger charge is -2.10. The quantitative estimate of drug-likeness (QED) is 0.253. The number of aliphatic hydroxyl groups excluding tert-OH is 1. The molecule has 4 nitrogen and oxygen atoms in total. The molecule has 1 unspecified atom stereocenters. The van der Waals surface area contributed by atoms with Crippen LogP contribution in [0.4, 0.5) is 8.78 Å². The summed E-state index contributed by atoms with van der Waals surface area (Å²) in [7, 11) is 0. The molecule has 0 fully saturated rings. The van der Waals surface area contributed by atoms with Gasteiger partial charge in [-0.1, -0.05) is 12.1 Å². The van der Waals surface area contributed by atoms with Crippen LogP contribution in [-0.4, -0.2) is 28.0 Å². The van der Waals surface area contributed by atoms with Crippen LogP contribution < -0.4 is 5.73 Å². The Kier molecular flexibility index (Phi) is 4.71. The van der Waals surface area contributed by atoms with Crippen molar-refractivity contribution in [1.29, 1.82) is 0 Å². The molecule has 0 aliphatic carbocycles. The minimum Gasteiger partial charge on any atom is -0.409 e. The predicted molar refractivity (Wildman–Crippen MR) is 61.3 cm³/mol. The van der Waals surface area contributed by atoms with Gasteiger partial charge in [-0.2, -0.15) is 0 Å². The van der Waals surface area contributed by atoms with Crippen molar-refractivity contribution >= 4 is 17.6 Å². The molecule has 0 bridgehead atoms. The van der Waals surface area contributed by atoms with Crippen LogP contribution >= 0.6 is 11.8 Å². The number of thioether (sulfide) groups is 1. The molecule has 1 aromatic carbocycles. The number of hydrogen-bond donors (Lipinski definition) is 3. The van der Waals surface area contributed by atoms with Gasteiger partial charge in [0.05, 0.1) is 11.5 Å². The molecule has 1 rings (SSSR count). The largest absolute Gasteiger partial charge is 0.409 e. The lowest BCUT2D eigenvalue weighted by Crippen LogP contribution is -2.14. The Bertz CT molecular complexity index is 417. The number of nitrogens with zero attached hydrogens (tertiary/aromatic N) is 1. The standard InChI is InChI=1S/C10H12F2N2O2S/c1-5(4-15)17-9-7(11)2-6(3-8(9)12)10(13)14-16/h2-3,5,15-16H,4H2,1H3,(H2,13,14). The minimum absolute atomic E-state index is 0.0384. The zero-order valence-corrected chi connectivity index (χ0v) is 9.84. The molecule has 0 aliphatic heterocycles. The Labute approximate surface area is 101 Å². The molecule has 94 valence electrons. The third-order valence-electron chi connectivity index (χ3n) is 1.98. The molecule has 17 heavy (non-hydrogen) atoms. The first kappa shape index (κ1) is 13.7. The first-order valence-corrected chi connectivity index (χ1v) is 5.62. The van der Waals surface area contributed by atoms with Crippen molar-refractivity contribution in [2.24, 2.45) is 10.9 Å². The minimum atomic E-state index is -0.808. The van der Waals surface area contributed by atoms with E-state index in [1.165, 1.54) is 0 Å². The van der Waals surface area contributed by atoms with E-state index in [1.54, 1.807) is 6.92 Å². The number of hydrogen-bond acceptors (Lipinski definition) is 4. The van der Waals surface area contributed by atoms with E-state index in [0.717, 1.165) is 23.9 Å². The summed E-state index contributed by atoms with van der Waals surface area (Å²) < 4.78 is 27.1. The number of oxime groups is 1. The van der Waals surface area contributed by atoms with Gasteiger partial charge in [0.1, 0.15) is 11.6 Å². The molecule has 0 aliphatic rings. The number of halogens is 2. The molecular weight excluding hydrogens is 250 g/mol. The molecule has 1 atom stereocenters. The monoisotopic (exact) mass is 262 g/mol. The van der Waals surface area contributed by atoms with Gasteiger partial charge < -0.3 is 16.0 Å². The lowest BCUT2D eigenvalue weighted by atomic mass is 10.2. The molecule has 1 aromatic rings. The molecule has 0 spiro atoms. The van der Waals surface area contributed by atoms with Crippen LogP contribution in [0.15, 0.2) is 22.2 Å². The Morgan fingerprint density at radius 1 is 1.47 bits per heavy atom. The van der Waals surface area contributed by atoms with Crippen molar-refractivity contribution in [1.82, 2.24) is 0 Å². The molecule has 7 heteroatoms. The van der Waals surface area contributed by atoms with Crippen LogP contribution in [0.2, 0.25) is 0 Å². The van der Waals surface area contributed by atoms with Crippen molar-refractivity contribution in [2.75, 3.05) is 6.61 Å². The molecule has 0 saturated heterocycles. The first-order chi connectivity index (χ1) is 7.99. The van der Waals surface area contributed by atoms with E-state index in [2.05, 4.69) is 5.16 Å². The number of amidine groups is 1. The van der Waals surface area contributed by atoms with Crippen molar-refractivity contribution in [3.63, 3.8) is 0 Å². The third-order valence-corrected chi connectivity index (χ3v) is 3.16. The topological polar surface area (TPSA) is 78.8 Å². The molecule has 0 aromatic heterocycles. The normalized spacial score (nSPS) is 13.8. The average Bonchev–Trinajstić information content (AvgIpc) is 2.32. The van der Waals surface area contributed by atoms with Gasteiger partial charge in [-0.05, 0) is 12.1 Å². The number of rotatable bonds is 4. The number of benzene rings is 1. The van der Waals surface area contributed by atoms with Gasteiger partial charge in [-0.3, -0.25) is 0 Å². The molecule has 0 radical (unpaired) electrons. The van der Waals surface area contributed by atoms with Crippen LogP contribution in [0.25, 0.3) is 0 Å². The van der Waals surface area contributed by atoms with Gasteiger partial charge in [0.15, 0.2) is 5.84 Å². The van der Waals surface area contributed by atoms with Crippen LogP contribution in [0.1, 0.15) is 12.5 Å². The summed E-state index contributed by atoms with van der Waals surface area (Å²) in [5, 5.41) is 19.6. The Balaban J connectivity index is 3.11. The Morgan fingerprint density at radius 2 is 2.00 bits per heavy atom. The molecule has 0 saturated carbocycles. The van der Waals surface area contributed by atoms with Crippen molar-refractivity contribution in [3.05, 3.63) is 29.3 Å². The second-order valence-corrected chi connectivity index (χ2v) is 4.81. The maximum Gasteiger partial charge on any atom is 0.170 e. The van der Waals surface area contributed by atoms with Gasteiger partial charge in [0.25, 0.3) is 0 Å². The molecule has 4 N–H and O–H groups in total. The summed E-state index contributed by atoms with van der Waals surface area (Å²) in [4.78, 5) is -0.193. The highest BCUT2D eigenvalue weighted by atomic mass is 32.2. The summed E-state index contributed by atoms with van der Waals surface area (Å²) in [6.07, 6.45) is 0. The molecule has 0 heterocycles. The average molecular weight is 262 g/mol. The maximum absolute atomic E-state index is 13.6. The Morgan fingerprint density at radius 3 is 2.41 bits per heavy atom. The molecular formula is C10H12F2N2O2S. The van der Waals surface area contributed by atoms with E-state index in [9.17, 15) is 8.78 Å².